The highest BCUT2D eigenvalue weighted by Crippen LogP contribution is 2.21. The molecular formula is C21H28N4O2. The Bertz CT molecular complexity index is 830. The van der Waals surface area contributed by atoms with Crippen LogP contribution in [-0.4, -0.2) is 17.3 Å². The van der Waals surface area contributed by atoms with Gasteiger partial charge in [-0.05, 0) is 49.3 Å². The van der Waals surface area contributed by atoms with E-state index in [4.69, 9.17) is 0 Å². The van der Waals surface area contributed by atoms with Crippen LogP contribution in [0.15, 0.2) is 41.2 Å². The first-order valence-electron chi connectivity index (χ1n) is 9.79. The van der Waals surface area contributed by atoms with Gasteiger partial charge in [-0.15, -0.1) is 0 Å². The lowest BCUT2D eigenvalue weighted by Gasteiger charge is -2.23. The fourth-order valence-electron chi connectivity index (χ4n) is 3.37. The van der Waals surface area contributed by atoms with Gasteiger partial charge in [0.15, 0.2) is 0 Å². The maximum absolute atomic E-state index is 12.9. The summed E-state index contributed by atoms with van der Waals surface area (Å²) in [4.78, 5) is 25.2. The maximum atomic E-state index is 12.9. The van der Waals surface area contributed by atoms with E-state index in [-0.39, 0.29) is 11.6 Å². The fraction of sp³-hybridized carbons (Fsp3) is 0.429. The second kappa shape index (κ2) is 9.26. The Morgan fingerprint density at radius 1 is 1.15 bits per heavy atom. The average Bonchev–Trinajstić information content (AvgIpc) is 2.70. The highest BCUT2D eigenvalue weighted by molar-refractivity contribution is 5.89. The number of carbonyl (C=O) groups excluding carboxylic acids is 1. The molecule has 0 atom stereocenters. The van der Waals surface area contributed by atoms with Crippen LogP contribution in [0.3, 0.4) is 0 Å². The van der Waals surface area contributed by atoms with Crippen molar-refractivity contribution in [3.05, 3.63) is 63.6 Å². The number of fused-ring (bicyclic) bond motifs is 1. The summed E-state index contributed by atoms with van der Waals surface area (Å²) in [5, 5.41) is 5.55. The number of amides is 2. The first kappa shape index (κ1) is 19.0. The van der Waals surface area contributed by atoms with Gasteiger partial charge < -0.3 is 16.1 Å². The molecule has 0 bridgehead atoms. The summed E-state index contributed by atoms with van der Waals surface area (Å²) in [5.74, 6) is 0. The van der Waals surface area contributed by atoms with Gasteiger partial charge in [0.1, 0.15) is 5.69 Å². The van der Waals surface area contributed by atoms with Crippen LogP contribution in [0.4, 0.5) is 10.5 Å². The lowest BCUT2D eigenvalue weighted by Crippen LogP contribution is -2.38. The van der Waals surface area contributed by atoms with Crippen LogP contribution in [0.1, 0.15) is 49.4 Å². The first-order valence-corrected chi connectivity index (χ1v) is 9.79. The van der Waals surface area contributed by atoms with Gasteiger partial charge in [0.25, 0.3) is 5.56 Å². The number of pyridine rings is 1. The zero-order valence-corrected chi connectivity index (χ0v) is 15.9. The normalized spacial score (nSPS) is 12.9. The third-order valence-corrected chi connectivity index (χ3v) is 4.85. The second-order valence-corrected chi connectivity index (χ2v) is 6.93. The zero-order valence-electron chi connectivity index (χ0n) is 15.9. The Morgan fingerprint density at radius 2 is 1.93 bits per heavy atom. The standard InChI is InChI=1S/C21H28N4O2/c1-2-3-13-23-25-19-12-8-7-11-17(19)14-18(20(25)26)24-21(27)22-15-16-9-5-4-6-10-16/h4-6,9-10,14,23H,2-3,7-8,11-13,15H2,1H3,(H2,22,24,27). The molecule has 0 radical (unpaired) electrons. The van der Waals surface area contributed by atoms with Crippen LogP contribution in [0, 0.1) is 0 Å². The second-order valence-electron chi connectivity index (χ2n) is 6.93. The van der Waals surface area contributed by atoms with E-state index in [0.717, 1.165) is 61.9 Å². The summed E-state index contributed by atoms with van der Waals surface area (Å²) in [7, 11) is 0. The molecule has 1 aliphatic rings. The van der Waals surface area contributed by atoms with Crippen molar-refractivity contribution in [3.8, 4) is 0 Å². The lowest BCUT2D eigenvalue weighted by molar-refractivity contribution is 0.251. The number of urea groups is 1. The highest BCUT2D eigenvalue weighted by atomic mass is 16.2. The van der Waals surface area contributed by atoms with Gasteiger partial charge in [-0.1, -0.05) is 43.7 Å². The molecule has 0 aliphatic heterocycles. The van der Waals surface area contributed by atoms with Gasteiger partial charge in [0, 0.05) is 18.8 Å². The van der Waals surface area contributed by atoms with E-state index in [0.29, 0.717) is 12.2 Å². The number of hydrogen-bond acceptors (Lipinski definition) is 3. The Balaban J connectivity index is 1.75. The quantitative estimate of drug-likeness (QED) is 0.656. The van der Waals surface area contributed by atoms with Crippen molar-refractivity contribution in [2.75, 3.05) is 17.3 Å². The number of rotatable bonds is 7. The van der Waals surface area contributed by atoms with Gasteiger partial charge in [0.05, 0.1) is 0 Å². The number of aromatic nitrogens is 1. The number of unbranched alkanes of at least 4 members (excludes halogenated alkanes) is 1. The van der Waals surface area contributed by atoms with Crippen LogP contribution >= 0.6 is 0 Å². The van der Waals surface area contributed by atoms with E-state index in [9.17, 15) is 9.59 Å². The highest BCUT2D eigenvalue weighted by Gasteiger charge is 2.18. The molecule has 0 unspecified atom stereocenters. The van der Waals surface area contributed by atoms with Gasteiger partial charge in [0.2, 0.25) is 0 Å². The van der Waals surface area contributed by atoms with Crippen molar-refractivity contribution < 1.29 is 4.79 Å². The van der Waals surface area contributed by atoms with E-state index in [1.165, 1.54) is 0 Å². The molecule has 3 N–H and O–H groups in total. The maximum Gasteiger partial charge on any atom is 0.319 e. The Morgan fingerprint density at radius 3 is 2.70 bits per heavy atom. The number of hydrogen-bond donors (Lipinski definition) is 3. The first-order chi connectivity index (χ1) is 13.2. The molecule has 1 aliphatic carbocycles. The minimum atomic E-state index is -0.369. The molecule has 144 valence electrons. The monoisotopic (exact) mass is 368 g/mol. The van der Waals surface area contributed by atoms with Crippen molar-refractivity contribution in [2.24, 2.45) is 0 Å². The molecule has 6 nitrogen and oxygen atoms in total. The third kappa shape index (κ3) is 4.90. The molecule has 6 heteroatoms. The van der Waals surface area contributed by atoms with E-state index in [1.54, 1.807) is 4.68 Å². The number of aryl methyl sites for hydroxylation is 1. The van der Waals surface area contributed by atoms with Crippen molar-refractivity contribution in [1.29, 1.82) is 0 Å². The van der Waals surface area contributed by atoms with Crippen LogP contribution in [-0.2, 0) is 19.4 Å². The topological polar surface area (TPSA) is 75.2 Å². The molecule has 0 saturated heterocycles. The Kier molecular flexibility index (Phi) is 6.52. The minimum Gasteiger partial charge on any atom is -0.334 e. The van der Waals surface area contributed by atoms with Crippen LogP contribution in [0.5, 0.6) is 0 Å². The smallest absolute Gasteiger partial charge is 0.319 e. The molecule has 1 aromatic carbocycles. The summed E-state index contributed by atoms with van der Waals surface area (Å²) in [6, 6.07) is 11.2. The molecule has 27 heavy (non-hydrogen) atoms. The molecule has 1 aromatic heterocycles. The Hall–Kier alpha value is -2.76. The predicted octanol–water partition coefficient (Wildman–Crippen LogP) is 3.39. The van der Waals surface area contributed by atoms with E-state index >= 15 is 0 Å². The average molecular weight is 368 g/mol. The Labute approximate surface area is 160 Å². The van der Waals surface area contributed by atoms with Gasteiger partial charge >= 0.3 is 6.03 Å². The van der Waals surface area contributed by atoms with Crippen molar-refractivity contribution in [3.63, 3.8) is 0 Å². The largest absolute Gasteiger partial charge is 0.334 e. The number of benzene rings is 1. The number of nitrogens with one attached hydrogen (secondary N) is 3. The van der Waals surface area contributed by atoms with Crippen molar-refractivity contribution in [1.82, 2.24) is 9.99 Å². The van der Waals surface area contributed by atoms with Gasteiger partial charge in [-0.3, -0.25) is 4.79 Å². The zero-order chi connectivity index (χ0) is 19.1. The third-order valence-electron chi connectivity index (χ3n) is 4.85. The van der Waals surface area contributed by atoms with Crippen LogP contribution < -0.4 is 21.6 Å². The molecule has 1 heterocycles. The summed E-state index contributed by atoms with van der Waals surface area (Å²) >= 11 is 0. The van der Waals surface area contributed by atoms with E-state index in [1.807, 2.05) is 36.4 Å². The summed E-state index contributed by atoms with van der Waals surface area (Å²) < 4.78 is 1.65. The summed E-state index contributed by atoms with van der Waals surface area (Å²) in [5.41, 5.74) is 6.58. The molecule has 0 fully saturated rings. The van der Waals surface area contributed by atoms with Crippen LogP contribution in [0.25, 0.3) is 0 Å². The predicted molar refractivity (Wildman–Crippen MR) is 109 cm³/mol. The fourth-order valence-corrected chi connectivity index (χ4v) is 3.37. The van der Waals surface area contributed by atoms with Gasteiger partial charge in [-0.2, -0.15) is 0 Å². The number of nitrogens with zero attached hydrogens (tertiary/aromatic N) is 1. The van der Waals surface area contributed by atoms with E-state index < -0.39 is 0 Å². The van der Waals surface area contributed by atoms with E-state index in [2.05, 4.69) is 23.0 Å². The van der Waals surface area contributed by atoms with Crippen LogP contribution in [0.2, 0.25) is 0 Å². The summed E-state index contributed by atoms with van der Waals surface area (Å²) in [6.07, 6.45) is 6.09. The molecule has 2 amide bonds. The van der Waals surface area contributed by atoms with Gasteiger partial charge in [-0.25, -0.2) is 9.47 Å². The molecule has 0 spiro atoms. The van der Waals surface area contributed by atoms with Crippen molar-refractivity contribution >= 4 is 11.7 Å². The number of anilines is 1. The SMILES string of the molecule is CCCCNn1c2c(cc(NC(=O)NCc3ccccc3)c1=O)CCCC2. The summed E-state index contributed by atoms with van der Waals surface area (Å²) in [6.45, 7) is 3.28. The number of carbonyl (C=O) groups is 1. The van der Waals surface area contributed by atoms with Crippen molar-refractivity contribution in [2.45, 2.75) is 52.0 Å². The molecule has 0 saturated carbocycles. The molecule has 3 rings (SSSR count). The lowest BCUT2D eigenvalue weighted by atomic mass is 9.95. The minimum absolute atomic E-state index is 0.193. The molecule has 2 aromatic rings. The molecular weight excluding hydrogens is 340 g/mol.